The lowest BCUT2D eigenvalue weighted by Gasteiger charge is -2.14. The Kier molecular flexibility index (Phi) is 10.4. The van der Waals surface area contributed by atoms with E-state index < -0.39 is 29.9 Å². The molecule has 10 heteroatoms. The average molecular weight is 397 g/mol. The summed E-state index contributed by atoms with van der Waals surface area (Å²) in [6.45, 7) is -0.679. The van der Waals surface area contributed by atoms with Crippen LogP contribution in [0.1, 0.15) is 12.0 Å². The fraction of sp³-hybridized carbons (Fsp3) is 0.412. The van der Waals surface area contributed by atoms with Crippen LogP contribution < -0.4 is 16.0 Å². The Bertz CT molecular complexity index is 641. The van der Waals surface area contributed by atoms with E-state index in [9.17, 15) is 19.2 Å². The fourth-order valence-electron chi connectivity index (χ4n) is 1.91. The second-order valence-corrected chi connectivity index (χ2v) is 6.42. The van der Waals surface area contributed by atoms with Gasteiger partial charge >= 0.3 is 12.1 Å². The van der Waals surface area contributed by atoms with Gasteiger partial charge in [-0.05, 0) is 24.0 Å². The summed E-state index contributed by atoms with van der Waals surface area (Å²) in [5, 5.41) is 15.9. The average Bonchev–Trinajstić information content (AvgIpc) is 2.66. The highest BCUT2D eigenvalue weighted by Gasteiger charge is 2.19. The van der Waals surface area contributed by atoms with Crippen molar-refractivity contribution < 1.29 is 29.0 Å². The van der Waals surface area contributed by atoms with Gasteiger partial charge in [0.1, 0.15) is 19.2 Å². The number of hydrogen-bond acceptors (Lipinski definition) is 6. The SMILES string of the molecule is CSCCC(NC(=O)CNC(=O)CNC(=O)OCc1ccccc1)C(=O)O. The van der Waals surface area contributed by atoms with Gasteiger partial charge in [-0.3, -0.25) is 9.59 Å². The minimum Gasteiger partial charge on any atom is -0.480 e. The summed E-state index contributed by atoms with van der Waals surface area (Å²) in [7, 11) is 0. The molecule has 0 heterocycles. The van der Waals surface area contributed by atoms with E-state index in [1.54, 1.807) is 12.1 Å². The molecular formula is C17H23N3O6S. The summed E-state index contributed by atoms with van der Waals surface area (Å²) in [4.78, 5) is 45.9. The van der Waals surface area contributed by atoms with Crippen LogP contribution in [0, 0.1) is 0 Å². The van der Waals surface area contributed by atoms with Crippen molar-refractivity contribution in [3.63, 3.8) is 0 Å². The first-order valence-corrected chi connectivity index (χ1v) is 9.54. The molecule has 1 rings (SSSR count). The third-order valence-corrected chi connectivity index (χ3v) is 3.94. The van der Waals surface area contributed by atoms with E-state index in [-0.39, 0.29) is 26.1 Å². The quantitative estimate of drug-likeness (QED) is 0.423. The van der Waals surface area contributed by atoms with Crippen LogP contribution in [0.3, 0.4) is 0 Å². The number of aliphatic carboxylic acids is 1. The monoisotopic (exact) mass is 397 g/mol. The Labute approximate surface area is 161 Å². The lowest BCUT2D eigenvalue weighted by atomic mass is 10.2. The van der Waals surface area contributed by atoms with Crippen molar-refractivity contribution in [3.8, 4) is 0 Å². The lowest BCUT2D eigenvalue weighted by Crippen LogP contribution is -2.47. The summed E-state index contributed by atoms with van der Waals surface area (Å²) in [6, 6.07) is 8.04. The maximum Gasteiger partial charge on any atom is 0.407 e. The number of thioether (sulfide) groups is 1. The number of carbonyl (C=O) groups is 4. The molecule has 0 fully saturated rings. The van der Waals surface area contributed by atoms with E-state index in [2.05, 4.69) is 16.0 Å². The molecule has 27 heavy (non-hydrogen) atoms. The largest absolute Gasteiger partial charge is 0.480 e. The van der Waals surface area contributed by atoms with Gasteiger partial charge < -0.3 is 25.8 Å². The van der Waals surface area contributed by atoms with E-state index >= 15 is 0 Å². The van der Waals surface area contributed by atoms with Crippen LogP contribution in [0.25, 0.3) is 0 Å². The van der Waals surface area contributed by atoms with Crippen molar-refractivity contribution in [2.75, 3.05) is 25.1 Å². The van der Waals surface area contributed by atoms with Crippen molar-refractivity contribution in [1.29, 1.82) is 0 Å². The predicted octanol–water partition coefficient (Wildman–Crippen LogP) is 0.352. The molecule has 4 N–H and O–H groups in total. The van der Waals surface area contributed by atoms with Gasteiger partial charge in [-0.1, -0.05) is 30.3 Å². The van der Waals surface area contributed by atoms with E-state index in [1.165, 1.54) is 11.8 Å². The number of amides is 3. The zero-order valence-corrected chi connectivity index (χ0v) is 15.7. The Morgan fingerprint density at radius 2 is 1.74 bits per heavy atom. The predicted molar refractivity (Wildman–Crippen MR) is 100 cm³/mol. The molecule has 0 saturated heterocycles. The molecule has 1 aromatic rings. The van der Waals surface area contributed by atoms with Crippen LogP contribution in [0.15, 0.2) is 30.3 Å². The molecule has 0 spiro atoms. The summed E-state index contributed by atoms with van der Waals surface area (Å²) < 4.78 is 4.94. The van der Waals surface area contributed by atoms with Gasteiger partial charge in [0.05, 0.1) is 6.54 Å². The standard InChI is InChI=1S/C17H23N3O6S/c1-27-8-7-13(16(23)24)20-15(22)10-18-14(21)9-19-17(25)26-11-12-5-3-2-4-6-12/h2-6,13H,7-11H2,1H3,(H,18,21)(H,19,25)(H,20,22)(H,23,24). The number of ether oxygens (including phenoxy) is 1. The normalized spacial score (nSPS) is 11.1. The van der Waals surface area contributed by atoms with Gasteiger partial charge in [-0.2, -0.15) is 11.8 Å². The van der Waals surface area contributed by atoms with Crippen LogP contribution in [-0.2, 0) is 25.7 Å². The van der Waals surface area contributed by atoms with Gasteiger partial charge in [0.25, 0.3) is 0 Å². The first kappa shape index (κ1) is 22.3. The number of benzene rings is 1. The van der Waals surface area contributed by atoms with E-state index in [0.717, 1.165) is 5.56 Å². The van der Waals surface area contributed by atoms with Crippen LogP contribution in [0.2, 0.25) is 0 Å². The molecule has 0 aliphatic heterocycles. The second-order valence-electron chi connectivity index (χ2n) is 5.43. The number of carbonyl (C=O) groups excluding carboxylic acids is 3. The smallest absolute Gasteiger partial charge is 0.407 e. The topological polar surface area (TPSA) is 134 Å². The molecule has 0 aliphatic rings. The molecule has 1 atom stereocenters. The van der Waals surface area contributed by atoms with Gasteiger partial charge in [0.2, 0.25) is 11.8 Å². The first-order valence-electron chi connectivity index (χ1n) is 8.14. The Balaban J connectivity index is 2.22. The highest BCUT2D eigenvalue weighted by atomic mass is 32.2. The zero-order valence-electron chi connectivity index (χ0n) is 14.9. The van der Waals surface area contributed by atoms with Gasteiger partial charge in [-0.25, -0.2) is 9.59 Å². The number of carboxylic acid groups (broad SMARTS) is 1. The molecule has 0 radical (unpaired) electrons. The Morgan fingerprint density at radius 3 is 2.37 bits per heavy atom. The van der Waals surface area contributed by atoms with Gasteiger partial charge in [-0.15, -0.1) is 0 Å². The highest BCUT2D eigenvalue weighted by molar-refractivity contribution is 7.98. The van der Waals surface area contributed by atoms with Crippen LogP contribution >= 0.6 is 11.8 Å². The molecule has 0 bridgehead atoms. The van der Waals surface area contributed by atoms with E-state index in [0.29, 0.717) is 5.75 Å². The second kappa shape index (κ2) is 12.6. The minimum atomic E-state index is -1.13. The summed E-state index contributed by atoms with van der Waals surface area (Å²) in [6.07, 6.45) is 1.35. The van der Waals surface area contributed by atoms with Crippen molar-refractivity contribution in [3.05, 3.63) is 35.9 Å². The molecule has 0 saturated carbocycles. The summed E-state index contributed by atoms with van der Waals surface area (Å²) in [5.41, 5.74) is 0.809. The Hall–Kier alpha value is -2.75. The number of alkyl carbamates (subject to hydrolysis) is 1. The Morgan fingerprint density at radius 1 is 1.07 bits per heavy atom. The molecule has 0 aromatic heterocycles. The molecule has 0 aliphatic carbocycles. The number of hydrogen-bond donors (Lipinski definition) is 4. The van der Waals surface area contributed by atoms with E-state index in [1.807, 2.05) is 24.5 Å². The van der Waals surface area contributed by atoms with Crippen LogP contribution in [-0.4, -0.2) is 60.1 Å². The van der Waals surface area contributed by atoms with Crippen molar-refractivity contribution in [2.24, 2.45) is 0 Å². The third-order valence-electron chi connectivity index (χ3n) is 3.30. The summed E-state index contributed by atoms with van der Waals surface area (Å²) >= 11 is 1.47. The molecule has 1 aromatic carbocycles. The minimum absolute atomic E-state index is 0.0727. The first-order chi connectivity index (χ1) is 12.9. The third kappa shape index (κ3) is 10.1. The van der Waals surface area contributed by atoms with Crippen LogP contribution in [0.5, 0.6) is 0 Å². The van der Waals surface area contributed by atoms with Gasteiger partial charge in [0, 0.05) is 0 Å². The van der Waals surface area contributed by atoms with Crippen molar-refractivity contribution >= 4 is 35.6 Å². The van der Waals surface area contributed by atoms with Gasteiger partial charge in [0.15, 0.2) is 0 Å². The molecule has 9 nitrogen and oxygen atoms in total. The molecule has 3 amide bonds. The maximum absolute atomic E-state index is 11.7. The van der Waals surface area contributed by atoms with Crippen LogP contribution in [0.4, 0.5) is 4.79 Å². The van der Waals surface area contributed by atoms with Crippen molar-refractivity contribution in [1.82, 2.24) is 16.0 Å². The number of nitrogens with one attached hydrogen (secondary N) is 3. The summed E-state index contributed by atoms with van der Waals surface area (Å²) in [5.74, 6) is -1.77. The molecule has 1 unspecified atom stereocenters. The molecule has 148 valence electrons. The zero-order chi connectivity index (χ0) is 20.1. The molecular weight excluding hydrogens is 374 g/mol. The maximum atomic E-state index is 11.7. The lowest BCUT2D eigenvalue weighted by molar-refractivity contribution is -0.141. The highest BCUT2D eigenvalue weighted by Crippen LogP contribution is 2.01. The number of rotatable bonds is 11. The van der Waals surface area contributed by atoms with Crippen molar-refractivity contribution in [2.45, 2.75) is 19.1 Å². The number of carboxylic acids is 1. The van der Waals surface area contributed by atoms with E-state index in [4.69, 9.17) is 9.84 Å². The fourth-order valence-corrected chi connectivity index (χ4v) is 2.38.